The molecule has 0 aromatic heterocycles. The van der Waals surface area contributed by atoms with Crippen LogP contribution in [0.4, 0.5) is 0 Å². The molecule has 0 radical (unpaired) electrons. The number of carbonyl (C=O) groups is 2. The molecule has 0 heterocycles. The summed E-state index contributed by atoms with van der Waals surface area (Å²) >= 11 is 0. The molecule has 94 valence electrons. The van der Waals surface area contributed by atoms with Crippen LogP contribution in [0.5, 0.6) is 0 Å². The Hall–Kier alpha value is -2.17. The molecule has 1 aromatic carbocycles. The molecular weight excluding hydrogens is 230 g/mol. The number of amides is 2. The minimum Gasteiger partial charge on any atom is -0.345 e. The predicted molar refractivity (Wildman–Crippen MR) is 68.1 cm³/mol. The quantitative estimate of drug-likeness (QED) is 0.468. The van der Waals surface area contributed by atoms with Gasteiger partial charge in [0.25, 0.3) is 0 Å². The van der Waals surface area contributed by atoms with Gasteiger partial charge >= 0.3 is 11.8 Å². The Morgan fingerprint density at radius 1 is 1.28 bits per heavy atom. The van der Waals surface area contributed by atoms with E-state index in [1.165, 1.54) is 6.21 Å². The second-order valence-corrected chi connectivity index (χ2v) is 4.30. The third kappa shape index (κ3) is 3.41. The van der Waals surface area contributed by atoms with Gasteiger partial charge in [-0.1, -0.05) is 24.3 Å². The number of benzene rings is 1. The molecule has 0 unspecified atom stereocenters. The molecule has 2 amide bonds. The summed E-state index contributed by atoms with van der Waals surface area (Å²) in [5.41, 5.74) is 4.17. The van der Waals surface area contributed by atoms with Gasteiger partial charge in [0, 0.05) is 6.04 Å². The third-order valence-electron chi connectivity index (χ3n) is 2.68. The maximum absolute atomic E-state index is 11.3. The van der Waals surface area contributed by atoms with Crippen LogP contribution in [-0.4, -0.2) is 24.1 Å². The van der Waals surface area contributed by atoms with Gasteiger partial charge in [-0.15, -0.1) is 0 Å². The van der Waals surface area contributed by atoms with Gasteiger partial charge in [0.15, 0.2) is 0 Å². The van der Waals surface area contributed by atoms with Gasteiger partial charge in [0.2, 0.25) is 0 Å². The van der Waals surface area contributed by atoms with Gasteiger partial charge in [0.1, 0.15) is 0 Å². The number of carbonyl (C=O) groups excluding carboxylic acids is 2. The zero-order valence-corrected chi connectivity index (χ0v) is 10.1. The van der Waals surface area contributed by atoms with E-state index in [9.17, 15) is 9.59 Å². The lowest BCUT2D eigenvalue weighted by atomic mass is 10.1. The van der Waals surface area contributed by atoms with Gasteiger partial charge in [-0.3, -0.25) is 9.59 Å². The van der Waals surface area contributed by atoms with Crippen LogP contribution < -0.4 is 10.7 Å². The first-order valence-corrected chi connectivity index (χ1v) is 5.86. The molecule has 2 N–H and O–H groups in total. The molecule has 0 atom stereocenters. The van der Waals surface area contributed by atoms with E-state index in [0.717, 1.165) is 24.0 Å². The summed E-state index contributed by atoms with van der Waals surface area (Å²) in [5, 5.41) is 6.35. The van der Waals surface area contributed by atoms with Crippen LogP contribution in [0.25, 0.3) is 0 Å². The van der Waals surface area contributed by atoms with Crippen LogP contribution in [0.2, 0.25) is 0 Å². The van der Waals surface area contributed by atoms with E-state index < -0.39 is 11.8 Å². The van der Waals surface area contributed by atoms with Crippen molar-refractivity contribution in [3.63, 3.8) is 0 Å². The maximum atomic E-state index is 11.3. The average molecular weight is 245 g/mol. The second-order valence-electron chi connectivity index (χ2n) is 4.30. The average Bonchev–Trinajstić information content (AvgIpc) is 3.15. The van der Waals surface area contributed by atoms with Crippen molar-refractivity contribution in [2.75, 3.05) is 0 Å². The van der Waals surface area contributed by atoms with Crippen molar-refractivity contribution in [2.45, 2.75) is 25.8 Å². The summed E-state index contributed by atoms with van der Waals surface area (Å²) in [6, 6.07) is 7.81. The van der Waals surface area contributed by atoms with Gasteiger partial charge in [-0.25, -0.2) is 5.43 Å². The summed E-state index contributed by atoms with van der Waals surface area (Å²) in [4.78, 5) is 22.7. The van der Waals surface area contributed by atoms with Crippen molar-refractivity contribution in [2.24, 2.45) is 5.10 Å². The fourth-order valence-corrected chi connectivity index (χ4v) is 1.42. The van der Waals surface area contributed by atoms with Crippen molar-refractivity contribution in [1.29, 1.82) is 0 Å². The monoisotopic (exact) mass is 245 g/mol. The number of nitrogens with zero attached hydrogens (tertiary/aromatic N) is 1. The van der Waals surface area contributed by atoms with Crippen molar-refractivity contribution < 1.29 is 9.59 Å². The van der Waals surface area contributed by atoms with Gasteiger partial charge in [-0.05, 0) is 30.9 Å². The van der Waals surface area contributed by atoms with E-state index in [1.54, 1.807) is 0 Å². The van der Waals surface area contributed by atoms with Gasteiger partial charge in [0.05, 0.1) is 6.21 Å². The molecule has 2 rings (SSSR count). The Kier molecular flexibility index (Phi) is 3.72. The largest absolute Gasteiger partial charge is 0.345 e. The molecule has 18 heavy (non-hydrogen) atoms. The van der Waals surface area contributed by atoms with Crippen molar-refractivity contribution in [1.82, 2.24) is 10.7 Å². The number of hydrogen-bond acceptors (Lipinski definition) is 3. The summed E-state index contributed by atoms with van der Waals surface area (Å²) in [6.07, 6.45) is 3.43. The highest BCUT2D eigenvalue weighted by molar-refractivity contribution is 6.35. The molecule has 1 fully saturated rings. The molecule has 5 heteroatoms. The van der Waals surface area contributed by atoms with Gasteiger partial charge < -0.3 is 5.32 Å². The van der Waals surface area contributed by atoms with E-state index in [0.29, 0.717) is 0 Å². The first-order chi connectivity index (χ1) is 8.66. The summed E-state index contributed by atoms with van der Waals surface area (Å²) in [5.74, 6) is -1.36. The highest BCUT2D eigenvalue weighted by Gasteiger charge is 2.26. The standard InChI is InChI=1S/C13H15N3O2/c1-9-4-2-3-5-10(9)8-14-16-13(18)12(17)15-11-6-7-11/h2-5,8,11H,6-7H2,1H3,(H,15,17)(H,16,18)/b14-8-. The smallest absolute Gasteiger partial charge is 0.329 e. The minimum atomic E-state index is -0.730. The van der Waals surface area contributed by atoms with Crippen LogP contribution >= 0.6 is 0 Å². The van der Waals surface area contributed by atoms with Crippen LogP contribution in [-0.2, 0) is 9.59 Å². The molecule has 0 saturated heterocycles. The number of aryl methyl sites for hydroxylation is 1. The molecule has 0 bridgehead atoms. The fraction of sp³-hybridized carbons (Fsp3) is 0.308. The molecule has 0 spiro atoms. The third-order valence-corrected chi connectivity index (χ3v) is 2.68. The molecule has 1 aliphatic carbocycles. The molecular formula is C13H15N3O2. The molecule has 1 saturated carbocycles. The number of rotatable bonds is 3. The molecule has 1 aliphatic rings. The maximum Gasteiger partial charge on any atom is 0.329 e. The lowest BCUT2D eigenvalue weighted by molar-refractivity contribution is -0.139. The normalized spacial score (nSPS) is 14.5. The number of nitrogens with one attached hydrogen (secondary N) is 2. The minimum absolute atomic E-state index is 0.170. The van der Waals surface area contributed by atoms with Crippen molar-refractivity contribution in [3.05, 3.63) is 35.4 Å². The number of hydrazone groups is 1. The first-order valence-electron chi connectivity index (χ1n) is 5.86. The fourth-order valence-electron chi connectivity index (χ4n) is 1.42. The molecule has 5 nitrogen and oxygen atoms in total. The highest BCUT2D eigenvalue weighted by Crippen LogP contribution is 2.18. The molecule has 0 aliphatic heterocycles. The predicted octanol–water partition coefficient (Wildman–Crippen LogP) is 0.724. The Balaban J connectivity index is 1.85. The Bertz CT molecular complexity index is 493. The van der Waals surface area contributed by atoms with E-state index in [4.69, 9.17) is 0 Å². The van der Waals surface area contributed by atoms with E-state index in [1.807, 2.05) is 31.2 Å². The molecule has 1 aromatic rings. The van der Waals surface area contributed by atoms with Crippen LogP contribution in [0.15, 0.2) is 29.4 Å². The summed E-state index contributed by atoms with van der Waals surface area (Å²) in [6.45, 7) is 1.95. The van der Waals surface area contributed by atoms with Crippen LogP contribution in [0.1, 0.15) is 24.0 Å². The zero-order chi connectivity index (χ0) is 13.0. The van der Waals surface area contributed by atoms with E-state index in [2.05, 4.69) is 15.8 Å². The summed E-state index contributed by atoms with van der Waals surface area (Å²) < 4.78 is 0. The van der Waals surface area contributed by atoms with E-state index in [-0.39, 0.29) is 6.04 Å². The van der Waals surface area contributed by atoms with E-state index >= 15 is 0 Å². The van der Waals surface area contributed by atoms with Crippen LogP contribution in [0, 0.1) is 6.92 Å². The Labute approximate surface area is 105 Å². The second kappa shape index (κ2) is 5.44. The Morgan fingerprint density at radius 2 is 2.00 bits per heavy atom. The van der Waals surface area contributed by atoms with Crippen molar-refractivity contribution in [3.8, 4) is 0 Å². The zero-order valence-electron chi connectivity index (χ0n) is 10.1. The topological polar surface area (TPSA) is 70.6 Å². The van der Waals surface area contributed by atoms with Gasteiger partial charge in [-0.2, -0.15) is 5.10 Å². The lowest BCUT2D eigenvalue weighted by Crippen LogP contribution is -2.38. The summed E-state index contributed by atoms with van der Waals surface area (Å²) in [7, 11) is 0. The van der Waals surface area contributed by atoms with Crippen LogP contribution in [0.3, 0.4) is 0 Å². The number of hydrogen-bond donors (Lipinski definition) is 2. The first kappa shape index (κ1) is 12.3. The lowest BCUT2D eigenvalue weighted by Gasteiger charge is -2.01. The van der Waals surface area contributed by atoms with Crippen molar-refractivity contribution >= 4 is 18.0 Å². The Morgan fingerprint density at radius 3 is 2.67 bits per heavy atom. The highest BCUT2D eigenvalue weighted by atomic mass is 16.2. The SMILES string of the molecule is Cc1ccccc1/C=N\NC(=O)C(=O)NC1CC1.